The fraction of sp³-hybridized carbons (Fsp3) is 0.944. The van der Waals surface area contributed by atoms with Crippen LogP contribution in [0.5, 0.6) is 0 Å². The zero-order valence-electron chi connectivity index (χ0n) is 14.5. The minimum atomic E-state index is -0.833. The first-order valence-electron chi connectivity index (χ1n) is 8.88. The highest BCUT2D eigenvalue weighted by Gasteiger charge is 2.42. The van der Waals surface area contributed by atoms with Crippen LogP contribution in [0.15, 0.2) is 0 Å². The SMILES string of the molecule is CC(=O)O.CCC(CCCCC1CCC2CC(O)CC12)OC. The predicted molar refractivity (Wildman–Crippen MR) is 87.8 cm³/mol. The van der Waals surface area contributed by atoms with E-state index in [-0.39, 0.29) is 6.10 Å². The molecule has 0 bridgehead atoms. The maximum atomic E-state index is 9.74. The molecule has 0 aromatic carbocycles. The van der Waals surface area contributed by atoms with Gasteiger partial charge in [-0.25, -0.2) is 0 Å². The normalized spacial score (nSPS) is 31.3. The van der Waals surface area contributed by atoms with Crippen molar-refractivity contribution < 1.29 is 19.7 Å². The number of aliphatic hydroxyl groups excluding tert-OH is 1. The van der Waals surface area contributed by atoms with Gasteiger partial charge in [0.25, 0.3) is 5.97 Å². The second-order valence-electron chi connectivity index (χ2n) is 6.96. The molecule has 22 heavy (non-hydrogen) atoms. The fourth-order valence-corrected chi connectivity index (χ4v) is 4.30. The number of unbranched alkanes of at least 4 members (excludes halogenated alkanes) is 1. The maximum Gasteiger partial charge on any atom is 0.300 e. The molecule has 130 valence electrons. The van der Waals surface area contributed by atoms with Gasteiger partial charge in [-0.3, -0.25) is 4.79 Å². The first-order valence-corrected chi connectivity index (χ1v) is 8.88. The highest BCUT2D eigenvalue weighted by Crippen LogP contribution is 2.49. The van der Waals surface area contributed by atoms with Crippen molar-refractivity contribution in [1.82, 2.24) is 0 Å². The Labute approximate surface area is 135 Å². The van der Waals surface area contributed by atoms with Crippen LogP contribution >= 0.6 is 0 Å². The van der Waals surface area contributed by atoms with E-state index in [2.05, 4.69) is 6.92 Å². The van der Waals surface area contributed by atoms with Crippen LogP contribution in [0.1, 0.15) is 71.6 Å². The Hall–Kier alpha value is -0.610. The molecule has 5 atom stereocenters. The number of carboxylic acids is 1. The van der Waals surface area contributed by atoms with Gasteiger partial charge in [0.15, 0.2) is 0 Å². The smallest absolute Gasteiger partial charge is 0.300 e. The van der Waals surface area contributed by atoms with E-state index >= 15 is 0 Å². The van der Waals surface area contributed by atoms with Crippen LogP contribution in [0.4, 0.5) is 0 Å². The minimum absolute atomic E-state index is 0.0146. The van der Waals surface area contributed by atoms with Crippen molar-refractivity contribution in [3.63, 3.8) is 0 Å². The molecule has 0 heterocycles. The molecule has 2 rings (SSSR count). The van der Waals surface area contributed by atoms with Gasteiger partial charge in [-0.1, -0.05) is 26.2 Å². The Morgan fingerprint density at radius 2 is 1.95 bits per heavy atom. The van der Waals surface area contributed by atoms with Crippen LogP contribution in [-0.2, 0) is 9.53 Å². The van der Waals surface area contributed by atoms with Crippen LogP contribution in [-0.4, -0.2) is 35.5 Å². The third kappa shape index (κ3) is 6.66. The van der Waals surface area contributed by atoms with Gasteiger partial charge in [0.1, 0.15) is 0 Å². The summed E-state index contributed by atoms with van der Waals surface area (Å²) in [5.41, 5.74) is 0. The summed E-state index contributed by atoms with van der Waals surface area (Å²) >= 11 is 0. The molecule has 4 nitrogen and oxygen atoms in total. The summed E-state index contributed by atoms with van der Waals surface area (Å²) in [5.74, 6) is 1.78. The van der Waals surface area contributed by atoms with Gasteiger partial charge in [-0.15, -0.1) is 0 Å². The zero-order chi connectivity index (χ0) is 16.5. The van der Waals surface area contributed by atoms with Crippen LogP contribution in [0.25, 0.3) is 0 Å². The Morgan fingerprint density at radius 3 is 2.55 bits per heavy atom. The second kappa shape index (κ2) is 10.2. The molecule has 0 aromatic heterocycles. The first kappa shape index (κ1) is 19.4. The third-order valence-electron chi connectivity index (χ3n) is 5.38. The molecule has 2 aliphatic rings. The fourth-order valence-electron chi connectivity index (χ4n) is 4.30. The number of carboxylic acid groups (broad SMARTS) is 1. The number of fused-ring (bicyclic) bond motifs is 1. The van der Waals surface area contributed by atoms with E-state index < -0.39 is 5.97 Å². The van der Waals surface area contributed by atoms with Gasteiger partial charge in [0.05, 0.1) is 12.2 Å². The molecule has 5 unspecified atom stereocenters. The Morgan fingerprint density at radius 1 is 1.27 bits per heavy atom. The molecule has 0 spiro atoms. The molecule has 0 saturated heterocycles. The van der Waals surface area contributed by atoms with E-state index in [1.54, 1.807) is 0 Å². The van der Waals surface area contributed by atoms with Crippen LogP contribution < -0.4 is 0 Å². The van der Waals surface area contributed by atoms with E-state index in [0.717, 1.165) is 43.9 Å². The number of aliphatic hydroxyl groups is 1. The molecule has 2 aliphatic carbocycles. The van der Waals surface area contributed by atoms with Crippen molar-refractivity contribution in [2.75, 3.05) is 7.11 Å². The summed E-state index contributed by atoms with van der Waals surface area (Å²) in [5, 5.41) is 17.2. The lowest BCUT2D eigenvalue weighted by molar-refractivity contribution is -0.134. The van der Waals surface area contributed by atoms with Gasteiger partial charge in [0, 0.05) is 14.0 Å². The lowest BCUT2D eigenvalue weighted by Crippen LogP contribution is -2.12. The minimum Gasteiger partial charge on any atom is -0.481 e. The molecule has 0 radical (unpaired) electrons. The molecule has 2 N–H and O–H groups in total. The van der Waals surface area contributed by atoms with Crippen LogP contribution in [0, 0.1) is 17.8 Å². The van der Waals surface area contributed by atoms with Crippen molar-refractivity contribution >= 4 is 5.97 Å². The Bertz CT molecular complexity index is 310. The van der Waals surface area contributed by atoms with Crippen molar-refractivity contribution in [2.45, 2.75) is 83.8 Å². The number of hydrogen-bond donors (Lipinski definition) is 2. The molecule has 4 heteroatoms. The van der Waals surface area contributed by atoms with Crippen LogP contribution in [0.2, 0.25) is 0 Å². The maximum absolute atomic E-state index is 9.74. The van der Waals surface area contributed by atoms with E-state index in [4.69, 9.17) is 14.6 Å². The van der Waals surface area contributed by atoms with Crippen LogP contribution in [0.3, 0.4) is 0 Å². The van der Waals surface area contributed by atoms with E-state index in [1.165, 1.54) is 38.5 Å². The topological polar surface area (TPSA) is 66.8 Å². The van der Waals surface area contributed by atoms with E-state index in [1.807, 2.05) is 7.11 Å². The number of ether oxygens (including phenoxy) is 1. The number of carbonyl (C=O) groups is 1. The standard InChI is InChI=1S/C16H30O2.C2H4O2/c1-3-15(18-2)7-5-4-6-12-8-9-13-10-14(17)11-16(12)13;1-2(3)4/h12-17H,3-11H2,1-2H3;1H3,(H,3,4). The first-order chi connectivity index (χ1) is 10.5. The Balaban J connectivity index is 0.000000541. The molecule has 0 aliphatic heterocycles. The monoisotopic (exact) mass is 314 g/mol. The van der Waals surface area contributed by atoms with Gasteiger partial charge in [0.2, 0.25) is 0 Å². The number of aliphatic carboxylic acids is 1. The lowest BCUT2D eigenvalue weighted by atomic mass is 9.88. The zero-order valence-corrected chi connectivity index (χ0v) is 14.5. The van der Waals surface area contributed by atoms with Crippen molar-refractivity contribution in [2.24, 2.45) is 17.8 Å². The summed E-state index contributed by atoms with van der Waals surface area (Å²) < 4.78 is 5.42. The molecule has 0 aromatic rings. The average Bonchev–Trinajstić information content (AvgIpc) is 2.98. The van der Waals surface area contributed by atoms with Gasteiger partial charge >= 0.3 is 0 Å². The quantitative estimate of drug-likeness (QED) is 0.700. The highest BCUT2D eigenvalue weighted by molar-refractivity contribution is 5.62. The summed E-state index contributed by atoms with van der Waals surface area (Å²) in [6, 6.07) is 0. The Kier molecular flexibility index (Phi) is 9.03. The molecule has 2 saturated carbocycles. The van der Waals surface area contributed by atoms with Gasteiger partial charge < -0.3 is 14.9 Å². The molecular weight excluding hydrogens is 280 g/mol. The molecule has 2 fully saturated rings. The molecular formula is C18H34O4. The molecule has 0 amide bonds. The highest BCUT2D eigenvalue weighted by atomic mass is 16.5. The predicted octanol–water partition coefficient (Wildman–Crippen LogP) is 3.86. The second-order valence-corrected chi connectivity index (χ2v) is 6.96. The van der Waals surface area contributed by atoms with Gasteiger partial charge in [-0.2, -0.15) is 0 Å². The van der Waals surface area contributed by atoms with Crippen molar-refractivity contribution in [1.29, 1.82) is 0 Å². The van der Waals surface area contributed by atoms with E-state index in [9.17, 15) is 5.11 Å². The lowest BCUT2D eigenvalue weighted by Gasteiger charge is -2.19. The van der Waals surface area contributed by atoms with Crippen molar-refractivity contribution in [3.8, 4) is 0 Å². The summed E-state index contributed by atoms with van der Waals surface area (Å²) in [6.07, 6.45) is 11.9. The summed E-state index contributed by atoms with van der Waals surface area (Å²) in [6.45, 7) is 3.29. The summed E-state index contributed by atoms with van der Waals surface area (Å²) in [7, 11) is 1.83. The van der Waals surface area contributed by atoms with E-state index in [0.29, 0.717) is 6.10 Å². The average molecular weight is 314 g/mol. The largest absolute Gasteiger partial charge is 0.481 e. The number of hydrogen-bond acceptors (Lipinski definition) is 3. The third-order valence-corrected chi connectivity index (χ3v) is 5.38. The number of methoxy groups -OCH3 is 1. The van der Waals surface area contributed by atoms with Gasteiger partial charge in [-0.05, 0) is 56.3 Å². The number of rotatable bonds is 7. The van der Waals surface area contributed by atoms with Crippen molar-refractivity contribution in [3.05, 3.63) is 0 Å². The summed E-state index contributed by atoms with van der Waals surface area (Å²) in [4.78, 5) is 9.00.